The number of nitrogens with zero attached hydrogens (tertiary/aromatic N) is 4. The largest absolute Gasteiger partial charge is 0.382 e. The minimum absolute atomic E-state index is 0.235. The Morgan fingerprint density at radius 1 is 1.26 bits per heavy atom. The number of fused-ring (bicyclic) bond motifs is 1. The summed E-state index contributed by atoms with van der Waals surface area (Å²) >= 11 is 0. The Morgan fingerprint density at radius 3 is 3.00 bits per heavy atom. The van der Waals surface area contributed by atoms with Crippen LogP contribution >= 0.6 is 0 Å². The molecular formula is C16H14F2N5. The summed E-state index contributed by atoms with van der Waals surface area (Å²) in [5, 5.41) is 4.03. The third-order valence-corrected chi connectivity index (χ3v) is 4.12. The van der Waals surface area contributed by atoms with Crippen LogP contribution in [0.2, 0.25) is 0 Å². The second kappa shape index (κ2) is 5.19. The first-order valence-corrected chi connectivity index (χ1v) is 7.37. The van der Waals surface area contributed by atoms with Gasteiger partial charge in [0.2, 0.25) is 0 Å². The number of nitrogens with two attached hydrogens (primary N) is 1. The number of anilines is 2. The summed E-state index contributed by atoms with van der Waals surface area (Å²) in [5.41, 5.74) is 6.48. The second-order valence-electron chi connectivity index (χ2n) is 5.58. The van der Waals surface area contributed by atoms with Gasteiger partial charge < -0.3 is 10.6 Å². The molecule has 5 nitrogen and oxygen atoms in total. The van der Waals surface area contributed by atoms with Crippen LogP contribution in [-0.2, 0) is 0 Å². The third kappa shape index (κ3) is 2.38. The van der Waals surface area contributed by atoms with Crippen molar-refractivity contribution < 1.29 is 8.78 Å². The summed E-state index contributed by atoms with van der Waals surface area (Å²) in [7, 11) is 0. The minimum Gasteiger partial charge on any atom is -0.382 e. The van der Waals surface area contributed by atoms with Crippen LogP contribution < -0.4 is 10.6 Å². The number of halogens is 2. The van der Waals surface area contributed by atoms with Crippen LogP contribution in [0.1, 0.15) is 24.4 Å². The lowest BCUT2D eigenvalue weighted by Gasteiger charge is -2.26. The Labute approximate surface area is 131 Å². The average molecular weight is 314 g/mol. The molecule has 0 aliphatic carbocycles. The van der Waals surface area contributed by atoms with Gasteiger partial charge in [-0.05, 0) is 37.1 Å². The van der Waals surface area contributed by atoms with Crippen molar-refractivity contribution >= 4 is 17.3 Å². The highest BCUT2D eigenvalue weighted by molar-refractivity contribution is 5.53. The van der Waals surface area contributed by atoms with Crippen molar-refractivity contribution in [2.24, 2.45) is 0 Å². The molecule has 2 N–H and O–H groups in total. The van der Waals surface area contributed by atoms with Crippen LogP contribution in [0, 0.1) is 17.7 Å². The molecule has 1 aliphatic heterocycles. The maximum atomic E-state index is 14.1. The Hall–Kier alpha value is -2.70. The van der Waals surface area contributed by atoms with E-state index in [0.29, 0.717) is 17.0 Å². The van der Waals surface area contributed by atoms with Gasteiger partial charge in [-0.1, -0.05) is 0 Å². The van der Waals surface area contributed by atoms with E-state index in [1.165, 1.54) is 16.6 Å². The van der Waals surface area contributed by atoms with E-state index in [4.69, 9.17) is 5.73 Å². The number of rotatable bonds is 2. The standard InChI is InChI=1S/C16H14F2N5/c17-10-3-4-12(18)11(8-10)13-2-1-6-22(13)15-5-7-23-16(20-15)9-14(19)21-23/h3-5,7-8,13H,1-2,6H2,(H2,19,21)/t13-/m1/s1. The van der Waals surface area contributed by atoms with Crippen LogP contribution in [0.25, 0.3) is 5.65 Å². The molecule has 2 aromatic heterocycles. The summed E-state index contributed by atoms with van der Waals surface area (Å²) in [5.74, 6) is 0.113. The molecule has 0 amide bonds. The van der Waals surface area contributed by atoms with Crippen molar-refractivity contribution in [1.82, 2.24) is 14.6 Å². The SMILES string of the molecule is Nc1[c]c2nc(N3CCC[C@@H]3c3cc(F)ccc3F)ccn2n1. The van der Waals surface area contributed by atoms with Gasteiger partial charge in [0, 0.05) is 18.3 Å². The van der Waals surface area contributed by atoms with E-state index in [1.54, 1.807) is 12.3 Å². The Balaban J connectivity index is 1.75. The van der Waals surface area contributed by atoms with Gasteiger partial charge in [-0.2, -0.15) is 0 Å². The number of hydrogen-bond donors (Lipinski definition) is 1. The van der Waals surface area contributed by atoms with E-state index in [0.717, 1.165) is 25.5 Å². The van der Waals surface area contributed by atoms with E-state index in [-0.39, 0.29) is 11.9 Å². The zero-order chi connectivity index (χ0) is 16.0. The zero-order valence-corrected chi connectivity index (χ0v) is 12.2. The highest BCUT2D eigenvalue weighted by atomic mass is 19.1. The Kier molecular flexibility index (Phi) is 3.14. The molecule has 0 saturated carbocycles. The van der Waals surface area contributed by atoms with Crippen LogP contribution in [0.3, 0.4) is 0 Å². The summed E-state index contributed by atoms with van der Waals surface area (Å²) in [6.45, 7) is 0.730. The van der Waals surface area contributed by atoms with Gasteiger partial charge in [0.05, 0.1) is 12.1 Å². The van der Waals surface area contributed by atoms with Gasteiger partial charge >= 0.3 is 0 Å². The van der Waals surface area contributed by atoms with Crippen molar-refractivity contribution in [1.29, 1.82) is 0 Å². The third-order valence-electron chi connectivity index (χ3n) is 4.12. The molecule has 117 valence electrons. The lowest BCUT2D eigenvalue weighted by molar-refractivity contribution is 0.560. The lowest BCUT2D eigenvalue weighted by Crippen LogP contribution is -2.24. The van der Waals surface area contributed by atoms with Gasteiger partial charge in [-0.3, -0.25) is 0 Å². The fraction of sp³-hybridized carbons (Fsp3) is 0.250. The highest BCUT2D eigenvalue weighted by Crippen LogP contribution is 2.36. The molecule has 0 spiro atoms. The molecule has 1 saturated heterocycles. The summed E-state index contributed by atoms with van der Waals surface area (Å²) < 4.78 is 29.2. The summed E-state index contributed by atoms with van der Waals surface area (Å²) in [6, 6.07) is 7.98. The van der Waals surface area contributed by atoms with Crippen molar-refractivity contribution in [3.05, 3.63) is 53.7 Å². The van der Waals surface area contributed by atoms with Gasteiger partial charge in [-0.15, -0.1) is 5.10 Å². The molecule has 1 aliphatic rings. The fourth-order valence-corrected chi connectivity index (χ4v) is 3.12. The number of nitrogen functional groups attached to an aromatic ring is 1. The topological polar surface area (TPSA) is 59.5 Å². The van der Waals surface area contributed by atoms with Gasteiger partial charge in [0.25, 0.3) is 0 Å². The summed E-state index contributed by atoms with van der Waals surface area (Å²) in [6.07, 6.45) is 3.37. The lowest BCUT2D eigenvalue weighted by atomic mass is 10.0. The Morgan fingerprint density at radius 2 is 2.13 bits per heavy atom. The van der Waals surface area contributed by atoms with Gasteiger partial charge in [0.1, 0.15) is 17.5 Å². The first-order valence-electron chi connectivity index (χ1n) is 7.37. The molecular weight excluding hydrogens is 300 g/mol. The van der Waals surface area contributed by atoms with E-state index in [2.05, 4.69) is 16.1 Å². The first kappa shape index (κ1) is 13.9. The molecule has 4 rings (SSSR count). The number of benzene rings is 1. The average Bonchev–Trinajstić information content (AvgIpc) is 3.14. The van der Waals surface area contributed by atoms with Crippen molar-refractivity contribution in [3.63, 3.8) is 0 Å². The first-order chi connectivity index (χ1) is 11.1. The highest BCUT2D eigenvalue weighted by Gasteiger charge is 2.29. The number of hydrogen-bond acceptors (Lipinski definition) is 4. The van der Waals surface area contributed by atoms with Crippen LogP contribution in [0.5, 0.6) is 0 Å². The molecule has 1 radical (unpaired) electrons. The van der Waals surface area contributed by atoms with E-state index in [9.17, 15) is 8.78 Å². The zero-order valence-electron chi connectivity index (χ0n) is 12.2. The molecule has 0 bridgehead atoms. The molecule has 1 fully saturated rings. The maximum Gasteiger partial charge on any atom is 0.167 e. The quantitative estimate of drug-likeness (QED) is 0.790. The molecule has 7 heteroatoms. The molecule has 1 aromatic carbocycles. The fourth-order valence-electron chi connectivity index (χ4n) is 3.12. The molecule has 3 aromatic rings. The molecule has 0 unspecified atom stereocenters. The second-order valence-corrected chi connectivity index (χ2v) is 5.58. The summed E-state index contributed by atoms with van der Waals surface area (Å²) in [4.78, 5) is 6.46. The number of aromatic nitrogens is 3. The van der Waals surface area contributed by atoms with Gasteiger partial charge in [-0.25, -0.2) is 18.3 Å². The van der Waals surface area contributed by atoms with Crippen molar-refractivity contribution in [2.45, 2.75) is 18.9 Å². The molecule has 1 atom stereocenters. The van der Waals surface area contributed by atoms with Crippen LogP contribution in [0.15, 0.2) is 30.5 Å². The minimum atomic E-state index is -0.437. The van der Waals surface area contributed by atoms with Crippen molar-refractivity contribution in [2.75, 3.05) is 17.2 Å². The predicted molar refractivity (Wildman–Crippen MR) is 81.9 cm³/mol. The molecule has 23 heavy (non-hydrogen) atoms. The van der Waals surface area contributed by atoms with Crippen molar-refractivity contribution in [3.8, 4) is 0 Å². The van der Waals surface area contributed by atoms with Gasteiger partial charge in [0.15, 0.2) is 11.5 Å². The maximum absolute atomic E-state index is 14.1. The van der Waals surface area contributed by atoms with Crippen LogP contribution in [-0.4, -0.2) is 21.1 Å². The predicted octanol–water partition coefficient (Wildman–Crippen LogP) is 2.73. The smallest absolute Gasteiger partial charge is 0.167 e. The normalized spacial score (nSPS) is 18.0. The van der Waals surface area contributed by atoms with E-state index >= 15 is 0 Å². The van der Waals surface area contributed by atoms with E-state index < -0.39 is 11.6 Å². The Bertz CT molecular complexity index is 876. The monoisotopic (exact) mass is 314 g/mol. The van der Waals surface area contributed by atoms with Crippen LogP contribution in [0.4, 0.5) is 20.4 Å². The van der Waals surface area contributed by atoms with E-state index in [1.807, 2.05) is 4.90 Å². The molecule has 3 heterocycles.